The van der Waals surface area contributed by atoms with Gasteiger partial charge >= 0.3 is 5.97 Å². The highest BCUT2D eigenvalue weighted by Gasteiger charge is 2.32. The van der Waals surface area contributed by atoms with Crippen molar-refractivity contribution in [3.05, 3.63) is 29.6 Å². The zero-order chi connectivity index (χ0) is 13.1. The van der Waals surface area contributed by atoms with Crippen LogP contribution in [0.4, 0.5) is 0 Å². The molecule has 0 aliphatic carbocycles. The average Bonchev–Trinajstić information content (AvgIpc) is 2.31. The number of aliphatic hydroxyl groups excluding tert-OH is 1. The molecule has 0 spiro atoms. The van der Waals surface area contributed by atoms with Crippen LogP contribution in [-0.2, 0) is 11.3 Å². The minimum Gasteiger partial charge on any atom is -0.480 e. The van der Waals surface area contributed by atoms with E-state index in [2.05, 4.69) is 4.98 Å². The van der Waals surface area contributed by atoms with Gasteiger partial charge in [0.2, 0.25) is 0 Å². The van der Waals surface area contributed by atoms with Crippen LogP contribution in [0.1, 0.15) is 24.2 Å². The number of likely N-dealkylation sites (tertiary alicyclic amines) is 1. The Morgan fingerprint density at radius 2 is 2.33 bits per heavy atom. The van der Waals surface area contributed by atoms with Gasteiger partial charge in [0.15, 0.2) is 0 Å². The third-order valence-corrected chi connectivity index (χ3v) is 3.28. The van der Waals surface area contributed by atoms with E-state index < -0.39 is 18.1 Å². The van der Waals surface area contributed by atoms with Gasteiger partial charge < -0.3 is 10.2 Å². The standard InChI is InChI=1S/C13H18N2O3/c1-9-3-2-4-10(14-9)8-15-6-5-11(16)7-12(15)13(17)18/h2-4,11-12,16H,5-8H2,1H3,(H,17,18)/t11-,12+/m1/s1. The first-order valence-electron chi connectivity index (χ1n) is 6.13. The van der Waals surface area contributed by atoms with Gasteiger partial charge in [0.1, 0.15) is 6.04 Å². The molecule has 2 atom stereocenters. The quantitative estimate of drug-likeness (QED) is 0.830. The van der Waals surface area contributed by atoms with Crippen molar-refractivity contribution in [3.63, 3.8) is 0 Å². The number of hydrogen-bond acceptors (Lipinski definition) is 4. The highest BCUT2D eigenvalue weighted by atomic mass is 16.4. The Labute approximate surface area is 106 Å². The molecule has 1 aliphatic heterocycles. The Balaban J connectivity index is 2.09. The summed E-state index contributed by atoms with van der Waals surface area (Å²) in [5.74, 6) is -0.874. The third-order valence-electron chi connectivity index (χ3n) is 3.28. The molecule has 2 N–H and O–H groups in total. The van der Waals surface area contributed by atoms with Gasteiger partial charge in [-0.25, -0.2) is 0 Å². The van der Waals surface area contributed by atoms with Gasteiger partial charge in [-0.2, -0.15) is 0 Å². The van der Waals surface area contributed by atoms with Gasteiger partial charge in [-0.3, -0.25) is 14.7 Å². The van der Waals surface area contributed by atoms with Gasteiger partial charge in [0, 0.05) is 18.8 Å². The molecule has 5 nitrogen and oxygen atoms in total. The second kappa shape index (κ2) is 5.46. The summed E-state index contributed by atoms with van der Waals surface area (Å²) in [7, 11) is 0. The molecule has 1 aromatic heterocycles. The molecule has 0 saturated carbocycles. The van der Waals surface area contributed by atoms with E-state index in [9.17, 15) is 15.0 Å². The highest BCUT2D eigenvalue weighted by molar-refractivity contribution is 5.73. The lowest BCUT2D eigenvalue weighted by atomic mass is 9.99. The predicted molar refractivity (Wildman–Crippen MR) is 66.0 cm³/mol. The van der Waals surface area contributed by atoms with Gasteiger partial charge in [-0.05, 0) is 31.9 Å². The van der Waals surface area contributed by atoms with E-state index in [4.69, 9.17) is 0 Å². The van der Waals surface area contributed by atoms with E-state index in [-0.39, 0.29) is 0 Å². The first kappa shape index (κ1) is 13.0. The van der Waals surface area contributed by atoms with Crippen molar-refractivity contribution in [2.45, 2.75) is 38.5 Å². The minimum absolute atomic E-state index is 0.293. The highest BCUT2D eigenvalue weighted by Crippen LogP contribution is 2.20. The van der Waals surface area contributed by atoms with Gasteiger partial charge in [0.25, 0.3) is 0 Å². The summed E-state index contributed by atoms with van der Waals surface area (Å²) >= 11 is 0. The van der Waals surface area contributed by atoms with E-state index in [1.165, 1.54) is 0 Å². The number of nitrogens with zero attached hydrogens (tertiary/aromatic N) is 2. The molecule has 0 unspecified atom stereocenters. The van der Waals surface area contributed by atoms with Crippen LogP contribution < -0.4 is 0 Å². The number of carboxylic acid groups (broad SMARTS) is 1. The molecule has 0 bridgehead atoms. The molecule has 2 heterocycles. The van der Waals surface area contributed by atoms with Crippen LogP contribution in [0.2, 0.25) is 0 Å². The lowest BCUT2D eigenvalue weighted by Gasteiger charge is -2.35. The largest absolute Gasteiger partial charge is 0.480 e. The first-order chi connectivity index (χ1) is 8.56. The topological polar surface area (TPSA) is 73.7 Å². The third kappa shape index (κ3) is 3.05. The molecule has 1 aromatic rings. The number of hydrogen-bond donors (Lipinski definition) is 2. The molecule has 98 valence electrons. The molecular formula is C13H18N2O3. The van der Waals surface area contributed by atoms with Crippen molar-refractivity contribution in [3.8, 4) is 0 Å². The number of pyridine rings is 1. The number of aliphatic carboxylic acids is 1. The van der Waals surface area contributed by atoms with Crippen LogP contribution in [0.5, 0.6) is 0 Å². The fourth-order valence-electron chi connectivity index (χ4n) is 2.34. The van der Waals surface area contributed by atoms with Crippen LogP contribution >= 0.6 is 0 Å². The molecule has 5 heteroatoms. The summed E-state index contributed by atoms with van der Waals surface area (Å²) < 4.78 is 0. The monoisotopic (exact) mass is 250 g/mol. The predicted octanol–water partition coefficient (Wildman–Crippen LogP) is 0.800. The van der Waals surface area contributed by atoms with Crippen molar-refractivity contribution in [1.82, 2.24) is 9.88 Å². The van der Waals surface area contributed by atoms with Crippen LogP contribution in [0.25, 0.3) is 0 Å². The van der Waals surface area contributed by atoms with Crippen LogP contribution in [0.3, 0.4) is 0 Å². The number of aryl methyl sites for hydroxylation is 1. The SMILES string of the molecule is Cc1cccc(CN2CC[C@@H](O)C[C@H]2C(=O)O)n1. The van der Waals surface area contributed by atoms with E-state index in [0.717, 1.165) is 11.4 Å². The summed E-state index contributed by atoms with van der Waals surface area (Å²) in [6.07, 6.45) is 0.407. The van der Waals surface area contributed by atoms with Crippen molar-refractivity contribution < 1.29 is 15.0 Å². The van der Waals surface area contributed by atoms with Gasteiger partial charge in [-0.1, -0.05) is 6.07 Å². The second-order valence-electron chi connectivity index (χ2n) is 4.77. The Hall–Kier alpha value is -1.46. The lowest BCUT2D eigenvalue weighted by molar-refractivity contribution is -0.147. The zero-order valence-corrected chi connectivity index (χ0v) is 10.4. The number of aromatic nitrogens is 1. The van der Waals surface area contributed by atoms with Gasteiger partial charge in [-0.15, -0.1) is 0 Å². The van der Waals surface area contributed by atoms with Crippen LogP contribution in [-0.4, -0.2) is 44.8 Å². The molecule has 0 radical (unpaired) electrons. The van der Waals surface area contributed by atoms with Crippen molar-refractivity contribution in [2.75, 3.05) is 6.54 Å². The smallest absolute Gasteiger partial charge is 0.321 e. The number of carbonyl (C=O) groups is 1. The summed E-state index contributed by atoms with van der Waals surface area (Å²) in [4.78, 5) is 17.4. The molecule has 0 amide bonds. The molecule has 18 heavy (non-hydrogen) atoms. The van der Waals surface area contributed by atoms with Crippen molar-refractivity contribution >= 4 is 5.97 Å². The van der Waals surface area contributed by atoms with Crippen LogP contribution in [0.15, 0.2) is 18.2 Å². The number of carboxylic acids is 1. The van der Waals surface area contributed by atoms with E-state index in [0.29, 0.717) is 25.9 Å². The van der Waals surface area contributed by atoms with Gasteiger partial charge in [0.05, 0.1) is 11.8 Å². The summed E-state index contributed by atoms with van der Waals surface area (Å²) in [5, 5.41) is 18.7. The van der Waals surface area contributed by atoms with E-state index in [1.54, 1.807) is 0 Å². The zero-order valence-electron chi connectivity index (χ0n) is 10.4. The molecule has 1 fully saturated rings. The van der Waals surface area contributed by atoms with Crippen molar-refractivity contribution in [2.24, 2.45) is 0 Å². The Morgan fingerprint density at radius 1 is 1.56 bits per heavy atom. The first-order valence-corrected chi connectivity index (χ1v) is 6.13. The fraction of sp³-hybridized carbons (Fsp3) is 0.538. The number of rotatable bonds is 3. The maximum absolute atomic E-state index is 11.2. The molecule has 1 aliphatic rings. The summed E-state index contributed by atoms with van der Waals surface area (Å²) in [6.45, 7) is 3.03. The van der Waals surface area contributed by atoms with Crippen molar-refractivity contribution in [1.29, 1.82) is 0 Å². The number of piperidine rings is 1. The fourth-order valence-corrected chi connectivity index (χ4v) is 2.34. The second-order valence-corrected chi connectivity index (χ2v) is 4.77. The Bertz CT molecular complexity index is 436. The lowest BCUT2D eigenvalue weighted by Crippen LogP contribution is -2.48. The van der Waals surface area contributed by atoms with E-state index in [1.807, 2.05) is 30.0 Å². The number of aliphatic hydroxyl groups is 1. The Kier molecular flexibility index (Phi) is 3.93. The maximum atomic E-state index is 11.2. The summed E-state index contributed by atoms with van der Waals surface area (Å²) in [6, 6.07) is 5.12. The average molecular weight is 250 g/mol. The normalized spacial score (nSPS) is 25.0. The molecule has 0 aromatic carbocycles. The molecule has 1 saturated heterocycles. The Morgan fingerprint density at radius 3 is 3.00 bits per heavy atom. The molecule has 2 rings (SSSR count). The van der Waals surface area contributed by atoms with E-state index >= 15 is 0 Å². The van der Waals surface area contributed by atoms with Crippen LogP contribution in [0, 0.1) is 6.92 Å². The summed E-state index contributed by atoms with van der Waals surface area (Å²) in [5.41, 5.74) is 1.80. The molecular weight excluding hydrogens is 232 g/mol. The maximum Gasteiger partial charge on any atom is 0.321 e. The minimum atomic E-state index is -0.874.